The first-order chi connectivity index (χ1) is 13.8. The first-order valence-corrected chi connectivity index (χ1v) is 9.52. The van der Waals surface area contributed by atoms with Gasteiger partial charge in [-0.2, -0.15) is 0 Å². The number of aromatic nitrogens is 1. The van der Waals surface area contributed by atoms with E-state index in [0.29, 0.717) is 40.6 Å². The topological polar surface area (TPSA) is 93.3 Å². The molecule has 1 atom stereocenters. The van der Waals surface area contributed by atoms with Crippen molar-refractivity contribution in [3.8, 4) is 0 Å². The predicted octanol–water partition coefficient (Wildman–Crippen LogP) is 5.62. The van der Waals surface area contributed by atoms with Gasteiger partial charge in [0.25, 0.3) is 5.69 Å². The van der Waals surface area contributed by atoms with Gasteiger partial charge in [0.15, 0.2) is 0 Å². The number of fused-ring (bicyclic) bond motifs is 2. The van der Waals surface area contributed by atoms with Crippen molar-refractivity contribution in [1.29, 1.82) is 0 Å². The fourth-order valence-corrected chi connectivity index (χ4v) is 4.13. The van der Waals surface area contributed by atoms with Gasteiger partial charge in [-0.15, -0.1) is 0 Å². The summed E-state index contributed by atoms with van der Waals surface area (Å²) in [7, 11) is 0. The van der Waals surface area contributed by atoms with Crippen LogP contribution in [0.3, 0.4) is 0 Å². The van der Waals surface area contributed by atoms with Crippen LogP contribution in [-0.4, -0.2) is 21.0 Å². The Labute approximate surface area is 171 Å². The number of rotatable bonds is 3. The number of carbonyl (C=O) groups is 1. The minimum Gasteiger partial charge on any atom is -0.478 e. The van der Waals surface area contributed by atoms with Crippen LogP contribution < -0.4 is 0 Å². The van der Waals surface area contributed by atoms with E-state index in [2.05, 4.69) is 6.92 Å². The van der Waals surface area contributed by atoms with E-state index in [1.54, 1.807) is 24.3 Å². The molecule has 0 aliphatic heterocycles. The van der Waals surface area contributed by atoms with Gasteiger partial charge in [-0.3, -0.25) is 10.1 Å². The Bertz CT molecular complexity index is 1200. The lowest BCUT2D eigenvalue weighted by Gasteiger charge is -2.26. The largest absolute Gasteiger partial charge is 0.478 e. The Hall–Kier alpha value is -3.25. The number of benzene rings is 2. The van der Waals surface area contributed by atoms with Gasteiger partial charge < -0.3 is 5.11 Å². The second-order valence-electron chi connectivity index (χ2n) is 7.29. The van der Waals surface area contributed by atoms with Gasteiger partial charge in [0.2, 0.25) is 0 Å². The number of pyridine rings is 1. The van der Waals surface area contributed by atoms with E-state index < -0.39 is 10.9 Å². The number of hydrogen-bond acceptors (Lipinski definition) is 4. The molecule has 2 aromatic carbocycles. The molecule has 1 N–H and O–H groups in total. The highest BCUT2D eigenvalue weighted by Crippen LogP contribution is 2.39. The molecule has 4 rings (SSSR count). The molecule has 0 amide bonds. The van der Waals surface area contributed by atoms with Gasteiger partial charge in [-0.1, -0.05) is 42.8 Å². The van der Waals surface area contributed by atoms with E-state index in [1.807, 2.05) is 12.1 Å². The van der Waals surface area contributed by atoms with Crippen molar-refractivity contribution in [2.45, 2.75) is 19.8 Å². The third kappa shape index (κ3) is 3.47. The first kappa shape index (κ1) is 19.1. The molecule has 0 saturated heterocycles. The second kappa shape index (κ2) is 7.29. The second-order valence-corrected chi connectivity index (χ2v) is 7.69. The molecule has 0 fully saturated rings. The van der Waals surface area contributed by atoms with Gasteiger partial charge in [0.1, 0.15) is 5.02 Å². The number of carboxylic acids is 1. The van der Waals surface area contributed by atoms with Crippen LogP contribution in [0.15, 0.2) is 42.5 Å². The molecule has 0 saturated carbocycles. The van der Waals surface area contributed by atoms with Crippen molar-refractivity contribution in [3.05, 3.63) is 80.0 Å². The third-order valence-electron chi connectivity index (χ3n) is 5.14. The smallest absolute Gasteiger partial charge is 0.336 e. The van der Waals surface area contributed by atoms with Crippen molar-refractivity contribution in [3.63, 3.8) is 0 Å². The molecule has 0 bridgehead atoms. The van der Waals surface area contributed by atoms with E-state index in [1.165, 1.54) is 12.1 Å². The lowest BCUT2D eigenvalue weighted by Crippen LogP contribution is -2.17. The highest BCUT2D eigenvalue weighted by atomic mass is 35.5. The predicted molar refractivity (Wildman–Crippen MR) is 112 cm³/mol. The molecule has 0 spiro atoms. The Morgan fingerprint density at radius 1 is 1.28 bits per heavy atom. The Morgan fingerprint density at radius 2 is 2.03 bits per heavy atom. The molecule has 3 aromatic rings. The summed E-state index contributed by atoms with van der Waals surface area (Å²) < 4.78 is 0. The number of nitro groups is 1. The number of nitro benzene ring substituents is 1. The van der Waals surface area contributed by atoms with Crippen LogP contribution in [0.25, 0.3) is 22.6 Å². The molecule has 0 radical (unpaired) electrons. The van der Waals surface area contributed by atoms with Gasteiger partial charge in [0.05, 0.1) is 21.7 Å². The molecular weight excluding hydrogens is 392 g/mol. The molecule has 1 aromatic heterocycles. The maximum Gasteiger partial charge on any atom is 0.336 e. The molecule has 1 unspecified atom stereocenters. The zero-order chi connectivity index (χ0) is 20.7. The first-order valence-electron chi connectivity index (χ1n) is 9.15. The molecule has 6 nitrogen and oxygen atoms in total. The van der Waals surface area contributed by atoms with E-state index >= 15 is 0 Å². The summed E-state index contributed by atoms with van der Waals surface area (Å²) in [6.07, 6.45) is 3.16. The monoisotopic (exact) mass is 408 g/mol. The summed E-state index contributed by atoms with van der Waals surface area (Å²) in [6, 6.07) is 11.8. The van der Waals surface area contributed by atoms with Gasteiger partial charge in [-0.25, -0.2) is 9.78 Å². The molecule has 1 aliphatic carbocycles. The van der Waals surface area contributed by atoms with Crippen molar-refractivity contribution >= 4 is 45.8 Å². The van der Waals surface area contributed by atoms with Crippen molar-refractivity contribution < 1.29 is 14.8 Å². The number of para-hydroxylation sites is 1. The quantitative estimate of drug-likeness (QED) is 0.448. The van der Waals surface area contributed by atoms with Crippen LogP contribution in [0.2, 0.25) is 5.02 Å². The summed E-state index contributed by atoms with van der Waals surface area (Å²) in [4.78, 5) is 27.5. The van der Waals surface area contributed by atoms with Crippen LogP contribution in [0.1, 0.15) is 40.5 Å². The summed E-state index contributed by atoms with van der Waals surface area (Å²) in [5.74, 6) is -0.757. The average molecular weight is 409 g/mol. The third-order valence-corrected chi connectivity index (χ3v) is 5.46. The molecule has 7 heteroatoms. The Balaban J connectivity index is 1.95. The maximum atomic E-state index is 12.1. The minimum absolute atomic E-state index is 0.0758. The highest BCUT2D eigenvalue weighted by molar-refractivity contribution is 6.32. The number of aromatic carboxylic acids is 1. The number of halogens is 1. The molecule has 1 heterocycles. The minimum atomic E-state index is -0.976. The summed E-state index contributed by atoms with van der Waals surface area (Å²) in [5.41, 5.74) is 3.59. The fraction of sp³-hybridized carbons (Fsp3) is 0.182. The highest BCUT2D eigenvalue weighted by Gasteiger charge is 2.28. The Kier molecular flexibility index (Phi) is 4.80. The summed E-state index contributed by atoms with van der Waals surface area (Å²) in [5, 5.41) is 21.8. The van der Waals surface area contributed by atoms with Crippen molar-refractivity contribution in [2.24, 2.45) is 5.92 Å². The van der Waals surface area contributed by atoms with Crippen molar-refractivity contribution in [2.75, 3.05) is 0 Å². The van der Waals surface area contributed by atoms with Crippen LogP contribution in [0.4, 0.5) is 5.69 Å². The van der Waals surface area contributed by atoms with Gasteiger partial charge in [-0.05, 0) is 53.7 Å². The van der Waals surface area contributed by atoms with Crippen LogP contribution in [0, 0.1) is 16.0 Å². The van der Waals surface area contributed by atoms with Crippen LogP contribution in [-0.2, 0) is 6.42 Å². The number of carboxylic acid groups (broad SMARTS) is 1. The standard InChI is InChI=1S/C22H17ClN2O4/c1-12-8-14(10-13-6-7-17(23)19(11-13)25(28)29)21-16(9-12)20(22(26)27)15-4-2-3-5-18(15)24-21/h2-7,10-12H,8-9H2,1H3,(H,26,27)/b14-10+. The lowest BCUT2D eigenvalue weighted by atomic mass is 9.80. The van der Waals surface area contributed by atoms with E-state index in [4.69, 9.17) is 16.6 Å². The SMILES string of the molecule is CC1C/C(=C\c2ccc(Cl)c([N+](=O)[O-])c2)c2nc3ccccc3c(C(=O)O)c2C1. The van der Waals surface area contributed by atoms with Crippen molar-refractivity contribution in [1.82, 2.24) is 4.98 Å². The number of nitrogens with zero attached hydrogens (tertiary/aromatic N) is 2. The van der Waals surface area contributed by atoms with Gasteiger partial charge >= 0.3 is 5.97 Å². The van der Waals surface area contributed by atoms with E-state index in [-0.39, 0.29) is 22.2 Å². The van der Waals surface area contributed by atoms with E-state index in [9.17, 15) is 20.0 Å². The maximum absolute atomic E-state index is 12.1. The van der Waals surface area contributed by atoms with Crippen LogP contribution >= 0.6 is 11.6 Å². The Morgan fingerprint density at radius 3 is 2.76 bits per heavy atom. The molecule has 29 heavy (non-hydrogen) atoms. The summed E-state index contributed by atoms with van der Waals surface area (Å²) >= 11 is 5.92. The normalized spacial score (nSPS) is 17.3. The van der Waals surface area contributed by atoms with Gasteiger partial charge in [0, 0.05) is 11.5 Å². The van der Waals surface area contributed by atoms with E-state index in [0.717, 1.165) is 5.57 Å². The fourth-order valence-electron chi connectivity index (χ4n) is 3.94. The zero-order valence-electron chi connectivity index (χ0n) is 15.6. The number of allylic oxidation sites excluding steroid dienone is 1. The molecule has 146 valence electrons. The zero-order valence-corrected chi connectivity index (χ0v) is 16.3. The molecule has 1 aliphatic rings. The number of hydrogen-bond donors (Lipinski definition) is 1. The lowest BCUT2D eigenvalue weighted by molar-refractivity contribution is -0.384. The molecular formula is C22H17ClN2O4. The average Bonchev–Trinajstić information content (AvgIpc) is 2.67. The summed E-state index contributed by atoms with van der Waals surface area (Å²) in [6.45, 7) is 2.06. The van der Waals surface area contributed by atoms with Crippen LogP contribution in [0.5, 0.6) is 0 Å².